The van der Waals surface area contributed by atoms with Crippen LogP contribution in [0.4, 0.5) is 5.13 Å². The second-order valence-corrected chi connectivity index (χ2v) is 1.73. The van der Waals surface area contributed by atoms with E-state index in [-0.39, 0.29) is 0 Å². The van der Waals surface area contributed by atoms with Gasteiger partial charge in [-0.25, -0.2) is 0 Å². The van der Waals surface area contributed by atoms with Gasteiger partial charge in [0.25, 0.3) is 0 Å². The van der Waals surface area contributed by atoms with Gasteiger partial charge in [0.05, 0.1) is 0 Å². The minimum absolute atomic E-state index is 0.472. The second-order valence-electron chi connectivity index (χ2n) is 0.961. The molecule has 0 aliphatic carbocycles. The van der Waals surface area contributed by atoms with Crippen LogP contribution in [0, 0.1) is 5.51 Å². The monoisotopic (exact) mass is 128 g/mol. The molecule has 0 aliphatic heterocycles. The molecule has 0 saturated heterocycles. The Hall–Kier alpha value is -0.970. The summed E-state index contributed by atoms with van der Waals surface area (Å²) in [6, 6.07) is 0. The van der Waals surface area contributed by atoms with Gasteiger partial charge >= 0.3 is 0 Å². The molecule has 0 atom stereocenters. The summed E-state index contributed by atoms with van der Waals surface area (Å²) in [4.78, 5) is 9.69. The molecule has 0 aromatic carbocycles. The Balaban J connectivity index is 2.62. The Bertz CT molecular complexity index is 161. The molecule has 4 nitrogen and oxygen atoms in total. The lowest BCUT2D eigenvalue weighted by molar-refractivity contribution is -0.105. The van der Waals surface area contributed by atoms with E-state index in [0.717, 1.165) is 11.3 Å². The number of carbonyl (C=O) groups is 1. The SMILES string of the molecule is O=CNc1nn[c]s1. The molecule has 0 spiro atoms. The minimum atomic E-state index is 0.472. The molecule has 8 heavy (non-hydrogen) atoms. The lowest BCUT2D eigenvalue weighted by Gasteiger charge is -1.80. The van der Waals surface area contributed by atoms with E-state index in [1.165, 1.54) is 0 Å². The summed E-state index contributed by atoms with van der Waals surface area (Å²) < 4.78 is 0. The van der Waals surface area contributed by atoms with Crippen LogP contribution in [0.5, 0.6) is 0 Å². The maximum absolute atomic E-state index is 9.69. The van der Waals surface area contributed by atoms with Gasteiger partial charge in [0.1, 0.15) is 0 Å². The molecule has 1 rings (SSSR count). The fourth-order valence-electron chi connectivity index (χ4n) is 0.259. The number of hydrogen-bond donors (Lipinski definition) is 1. The Morgan fingerprint density at radius 1 is 1.88 bits per heavy atom. The highest BCUT2D eigenvalue weighted by atomic mass is 32.1. The maximum atomic E-state index is 9.69. The minimum Gasteiger partial charge on any atom is -0.303 e. The molecule has 1 radical (unpaired) electrons. The summed E-state index contributed by atoms with van der Waals surface area (Å²) in [7, 11) is 0. The first-order chi connectivity index (χ1) is 3.93. The Morgan fingerprint density at radius 3 is 3.25 bits per heavy atom. The molecule has 1 amide bonds. The van der Waals surface area contributed by atoms with Crippen LogP contribution in [0.15, 0.2) is 0 Å². The van der Waals surface area contributed by atoms with E-state index in [2.05, 4.69) is 21.0 Å². The normalized spacial score (nSPS) is 8.50. The molecule has 5 heteroatoms. The number of carbonyl (C=O) groups excluding carboxylic acids is 1. The van der Waals surface area contributed by atoms with Gasteiger partial charge < -0.3 is 5.32 Å². The standard InChI is InChI=1S/C3H2N3OS/c7-1-4-3-6-5-2-8-3/h1H,(H,4,6,7). The van der Waals surface area contributed by atoms with Crippen molar-refractivity contribution in [3.05, 3.63) is 5.51 Å². The fraction of sp³-hybridized carbons (Fsp3) is 0. The van der Waals surface area contributed by atoms with Crippen molar-refractivity contribution in [2.75, 3.05) is 5.32 Å². The topological polar surface area (TPSA) is 54.9 Å². The zero-order valence-corrected chi connectivity index (χ0v) is 4.60. The zero-order chi connectivity index (χ0) is 5.82. The number of amides is 1. The van der Waals surface area contributed by atoms with E-state index in [1.807, 2.05) is 0 Å². The van der Waals surface area contributed by atoms with Crippen LogP contribution >= 0.6 is 11.3 Å². The maximum Gasteiger partial charge on any atom is 0.213 e. The van der Waals surface area contributed by atoms with Crippen molar-refractivity contribution in [1.29, 1.82) is 0 Å². The summed E-state index contributed by atoms with van der Waals surface area (Å²) in [5.41, 5.74) is 2.47. The van der Waals surface area contributed by atoms with Crippen molar-refractivity contribution >= 4 is 22.9 Å². The lowest BCUT2D eigenvalue weighted by Crippen LogP contribution is -1.91. The number of hydrogen-bond acceptors (Lipinski definition) is 4. The summed E-state index contributed by atoms with van der Waals surface area (Å²) in [5, 5.41) is 9.63. The van der Waals surface area contributed by atoms with Crippen LogP contribution in [0.1, 0.15) is 0 Å². The van der Waals surface area contributed by atoms with Crippen LogP contribution in [0.2, 0.25) is 0 Å². The summed E-state index contributed by atoms with van der Waals surface area (Å²) in [6.45, 7) is 0. The van der Waals surface area contributed by atoms with Gasteiger partial charge in [-0.15, -0.1) is 10.2 Å². The third-order valence-corrected chi connectivity index (χ3v) is 1.07. The number of aromatic nitrogens is 2. The third kappa shape index (κ3) is 1.00. The van der Waals surface area contributed by atoms with Crippen molar-refractivity contribution in [3.63, 3.8) is 0 Å². The highest BCUT2D eigenvalue weighted by Crippen LogP contribution is 2.04. The van der Waals surface area contributed by atoms with Gasteiger partial charge in [0.2, 0.25) is 11.5 Å². The quantitative estimate of drug-likeness (QED) is 0.566. The molecule has 1 heterocycles. The first-order valence-electron chi connectivity index (χ1n) is 1.83. The first kappa shape index (κ1) is 5.17. The zero-order valence-electron chi connectivity index (χ0n) is 3.79. The summed E-state index contributed by atoms with van der Waals surface area (Å²) >= 11 is 1.16. The Morgan fingerprint density at radius 2 is 2.75 bits per heavy atom. The van der Waals surface area contributed by atoms with E-state index in [9.17, 15) is 4.79 Å². The van der Waals surface area contributed by atoms with Crippen LogP contribution in [-0.4, -0.2) is 16.6 Å². The molecule has 1 aromatic rings. The van der Waals surface area contributed by atoms with Gasteiger partial charge in [0.15, 0.2) is 5.51 Å². The van der Waals surface area contributed by atoms with Gasteiger partial charge in [0, 0.05) is 0 Å². The smallest absolute Gasteiger partial charge is 0.213 e. The van der Waals surface area contributed by atoms with Crippen molar-refractivity contribution < 1.29 is 4.79 Å². The van der Waals surface area contributed by atoms with E-state index >= 15 is 0 Å². The van der Waals surface area contributed by atoms with Crippen molar-refractivity contribution in [1.82, 2.24) is 10.2 Å². The predicted octanol–water partition coefficient (Wildman–Crippen LogP) is -0.0934. The molecule has 0 unspecified atom stereocenters. The van der Waals surface area contributed by atoms with Crippen LogP contribution in [0.3, 0.4) is 0 Å². The van der Waals surface area contributed by atoms with Gasteiger partial charge in [-0.1, -0.05) is 11.3 Å². The van der Waals surface area contributed by atoms with Gasteiger partial charge in [-0.2, -0.15) is 0 Å². The highest BCUT2D eigenvalue weighted by molar-refractivity contribution is 7.13. The van der Waals surface area contributed by atoms with E-state index in [4.69, 9.17) is 0 Å². The first-order valence-corrected chi connectivity index (χ1v) is 2.65. The highest BCUT2D eigenvalue weighted by Gasteiger charge is 1.89. The molecule has 1 N–H and O–H groups in total. The van der Waals surface area contributed by atoms with Gasteiger partial charge in [-0.3, -0.25) is 4.79 Å². The molecule has 41 valence electrons. The van der Waals surface area contributed by atoms with E-state index < -0.39 is 0 Å². The van der Waals surface area contributed by atoms with E-state index in [0.29, 0.717) is 11.5 Å². The Labute approximate surface area is 49.6 Å². The van der Waals surface area contributed by atoms with E-state index in [1.54, 1.807) is 0 Å². The number of nitrogens with one attached hydrogen (secondary N) is 1. The molecule has 0 bridgehead atoms. The van der Waals surface area contributed by atoms with Crippen molar-refractivity contribution in [2.45, 2.75) is 0 Å². The molecular weight excluding hydrogens is 126 g/mol. The Kier molecular flexibility index (Phi) is 1.53. The number of rotatable bonds is 2. The fourth-order valence-corrected chi connectivity index (χ4v) is 0.615. The average molecular weight is 128 g/mol. The van der Waals surface area contributed by atoms with Crippen molar-refractivity contribution in [3.8, 4) is 0 Å². The molecule has 0 aliphatic rings. The third-order valence-electron chi connectivity index (χ3n) is 0.506. The van der Waals surface area contributed by atoms with Crippen LogP contribution < -0.4 is 5.32 Å². The molecular formula is C3H2N3OS. The molecule has 0 fully saturated rings. The predicted molar refractivity (Wildman–Crippen MR) is 28.4 cm³/mol. The lowest BCUT2D eigenvalue weighted by atomic mass is 11.1. The largest absolute Gasteiger partial charge is 0.303 e. The summed E-state index contributed by atoms with van der Waals surface area (Å²) in [6.07, 6.45) is 0.550. The van der Waals surface area contributed by atoms with Crippen LogP contribution in [0.25, 0.3) is 0 Å². The average Bonchev–Trinajstić information content (AvgIpc) is 2.19. The summed E-state index contributed by atoms with van der Waals surface area (Å²) in [5.74, 6) is 0. The van der Waals surface area contributed by atoms with Crippen molar-refractivity contribution in [2.24, 2.45) is 0 Å². The molecule has 1 aromatic heterocycles. The van der Waals surface area contributed by atoms with Crippen LogP contribution in [-0.2, 0) is 4.79 Å². The molecule has 0 saturated carbocycles. The second kappa shape index (κ2) is 2.37. The number of nitrogens with zero attached hydrogens (tertiary/aromatic N) is 2. The number of anilines is 1. The van der Waals surface area contributed by atoms with Gasteiger partial charge in [-0.05, 0) is 0 Å².